The first-order chi connectivity index (χ1) is 12.7. The number of rotatable bonds is 7. The molecule has 0 bridgehead atoms. The minimum atomic E-state index is -0.932. The Bertz CT molecular complexity index is 865. The van der Waals surface area contributed by atoms with Crippen LogP contribution in [0.1, 0.15) is 28.4 Å². The number of carbonyl (C=O) groups is 1. The molecule has 0 aromatic heterocycles. The first-order valence-corrected chi connectivity index (χ1v) is 8.78. The lowest BCUT2D eigenvalue weighted by Gasteiger charge is -2.19. The van der Waals surface area contributed by atoms with Crippen molar-refractivity contribution in [3.8, 4) is 0 Å². The average Bonchev–Trinajstić information content (AvgIpc) is 2.63. The fraction of sp³-hybridized carbons (Fsp3) is 0.333. The summed E-state index contributed by atoms with van der Waals surface area (Å²) in [4.78, 5) is 20.7. The molecule has 0 atom stereocenters. The molecule has 2 rings (SSSR count). The Labute approximate surface area is 159 Å². The molecule has 0 saturated carbocycles. The zero-order valence-electron chi connectivity index (χ0n) is 16.4. The number of likely N-dealkylation sites (N-methyl/N-ethyl adjacent to an activating group) is 1. The molecular weight excluding hydrogens is 348 g/mol. The van der Waals surface area contributed by atoms with Crippen molar-refractivity contribution in [3.05, 3.63) is 58.7 Å². The number of hydrogen-bond acceptors (Lipinski definition) is 3. The van der Waals surface area contributed by atoms with Crippen molar-refractivity contribution in [2.24, 2.45) is 4.99 Å². The third-order valence-corrected chi connectivity index (χ3v) is 4.46. The molecule has 0 spiro atoms. The van der Waals surface area contributed by atoms with Crippen molar-refractivity contribution >= 4 is 23.5 Å². The summed E-state index contributed by atoms with van der Waals surface area (Å²) in [7, 11) is 3.61. The molecule has 6 heteroatoms. The SMILES string of the molecule is CCN(C)C=Nc1cc(C)c(C(=O)CN(C)c2ccc(F)c(F)c2)cc1C. The minimum absolute atomic E-state index is 0.0620. The van der Waals surface area contributed by atoms with Crippen LogP contribution in [-0.2, 0) is 0 Å². The molecule has 0 saturated heterocycles. The Morgan fingerprint density at radius 3 is 2.41 bits per heavy atom. The number of aliphatic imine (C=N–C) groups is 1. The van der Waals surface area contributed by atoms with Crippen LogP contribution in [0.2, 0.25) is 0 Å². The number of ketones is 1. The number of nitrogens with zero attached hydrogens (tertiary/aromatic N) is 3. The summed E-state index contributed by atoms with van der Waals surface area (Å²) in [6.45, 7) is 6.73. The lowest BCUT2D eigenvalue weighted by Crippen LogP contribution is -2.26. The Kier molecular flexibility index (Phi) is 6.66. The largest absolute Gasteiger partial charge is 0.367 e. The van der Waals surface area contributed by atoms with Gasteiger partial charge in [-0.1, -0.05) is 0 Å². The lowest BCUT2D eigenvalue weighted by atomic mass is 10.00. The first kappa shape index (κ1) is 20.6. The monoisotopic (exact) mass is 373 g/mol. The van der Waals surface area contributed by atoms with E-state index in [0.717, 1.165) is 35.5 Å². The van der Waals surface area contributed by atoms with Crippen LogP contribution in [0.3, 0.4) is 0 Å². The van der Waals surface area contributed by atoms with Gasteiger partial charge < -0.3 is 9.80 Å². The number of aryl methyl sites for hydroxylation is 2. The third-order valence-electron chi connectivity index (χ3n) is 4.46. The maximum absolute atomic E-state index is 13.4. The molecule has 0 N–H and O–H groups in total. The molecule has 0 unspecified atom stereocenters. The molecular formula is C21H25F2N3O. The maximum Gasteiger partial charge on any atom is 0.182 e. The second kappa shape index (κ2) is 8.75. The number of carbonyl (C=O) groups excluding carboxylic acids is 1. The summed E-state index contributed by atoms with van der Waals surface area (Å²) >= 11 is 0. The maximum atomic E-state index is 13.4. The van der Waals surface area contributed by atoms with Gasteiger partial charge >= 0.3 is 0 Å². The van der Waals surface area contributed by atoms with Crippen molar-refractivity contribution in [1.29, 1.82) is 0 Å². The number of Topliss-reactive ketones (excluding diaryl/α,β-unsaturated/α-hetero) is 1. The Morgan fingerprint density at radius 2 is 1.78 bits per heavy atom. The van der Waals surface area contributed by atoms with Gasteiger partial charge in [0.05, 0.1) is 18.6 Å². The van der Waals surface area contributed by atoms with E-state index in [-0.39, 0.29) is 12.3 Å². The van der Waals surface area contributed by atoms with Crippen molar-refractivity contribution in [3.63, 3.8) is 0 Å². The van der Waals surface area contributed by atoms with Gasteiger partial charge in [-0.25, -0.2) is 13.8 Å². The van der Waals surface area contributed by atoms with Crippen LogP contribution >= 0.6 is 0 Å². The van der Waals surface area contributed by atoms with E-state index in [1.165, 1.54) is 6.07 Å². The van der Waals surface area contributed by atoms with Crippen LogP contribution < -0.4 is 4.90 Å². The van der Waals surface area contributed by atoms with Gasteiger partial charge in [0.2, 0.25) is 0 Å². The Morgan fingerprint density at radius 1 is 1.07 bits per heavy atom. The van der Waals surface area contributed by atoms with E-state index in [1.54, 1.807) is 18.3 Å². The van der Waals surface area contributed by atoms with Crippen LogP contribution in [0.15, 0.2) is 35.3 Å². The van der Waals surface area contributed by atoms with Gasteiger partial charge in [0.25, 0.3) is 0 Å². The summed E-state index contributed by atoms with van der Waals surface area (Å²) in [6.07, 6.45) is 1.76. The second-order valence-electron chi connectivity index (χ2n) is 6.65. The summed E-state index contributed by atoms with van der Waals surface area (Å²) in [5, 5.41) is 0. The molecule has 4 nitrogen and oxygen atoms in total. The molecule has 27 heavy (non-hydrogen) atoms. The highest BCUT2D eigenvalue weighted by Crippen LogP contribution is 2.24. The van der Waals surface area contributed by atoms with Gasteiger partial charge in [0.15, 0.2) is 17.4 Å². The standard InChI is InChI=1S/C21H25F2N3O/c1-6-25(4)13-24-20-10-14(2)17(9-15(20)3)21(27)12-26(5)16-7-8-18(22)19(23)11-16/h7-11,13H,6,12H2,1-5H3. The minimum Gasteiger partial charge on any atom is -0.367 e. The van der Waals surface area contributed by atoms with E-state index in [1.807, 2.05) is 44.9 Å². The molecule has 0 radical (unpaired) electrons. The highest BCUT2D eigenvalue weighted by atomic mass is 19.2. The number of anilines is 1. The second-order valence-corrected chi connectivity index (χ2v) is 6.65. The van der Waals surface area contributed by atoms with Crippen LogP contribution in [0.5, 0.6) is 0 Å². The van der Waals surface area contributed by atoms with Crippen LogP contribution in [0, 0.1) is 25.5 Å². The first-order valence-electron chi connectivity index (χ1n) is 8.78. The normalized spacial score (nSPS) is 11.1. The average molecular weight is 373 g/mol. The zero-order chi connectivity index (χ0) is 20.1. The predicted molar refractivity (Wildman–Crippen MR) is 106 cm³/mol. The summed E-state index contributed by atoms with van der Waals surface area (Å²) in [5.74, 6) is -1.93. The topological polar surface area (TPSA) is 35.9 Å². The van der Waals surface area contributed by atoms with Crippen molar-refractivity contribution < 1.29 is 13.6 Å². The number of hydrogen-bond donors (Lipinski definition) is 0. The zero-order valence-corrected chi connectivity index (χ0v) is 16.4. The number of benzene rings is 2. The van der Waals surface area contributed by atoms with Gasteiger partial charge in [-0.3, -0.25) is 4.79 Å². The molecule has 0 aliphatic rings. The molecule has 2 aromatic carbocycles. The Hall–Kier alpha value is -2.76. The van der Waals surface area contributed by atoms with Gasteiger partial charge in [0, 0.05) is 38.0 Å². The molecule has 0 aliphatic heterocycles. The lowest BCUT2D eigenvalue weighted by molar-refractivity contribution is 0.0999. The van der Waals surface area contributed by atoms with Gasteiger partial charge in [0.1, 0.15) is 0 Å². The highest BCUT2D eigenvalue weighted by Gasteiger charge is 2.15. The van der Waals surface area contributed by atoms with E-state index < -0.39 is 11.6 Å². The van der Waals surface area contributed by atoms with E-state index in [2.05, 4.69) is 4.99 Å². The van der Waals surface area contributed by atoms with Crippen molar-refractivity contribution in [2.75, 3.05) is 32.1 Å². The molecule has 2 aromatic rings. The number of halogens is 2. The third kappa shape index (κ3) is 5.12. The van der Waals surface area contributed by atoms with Crippen molar-refractivity contribution in [2.45, 2.75) is 20.8 Å². The van der Waals surface area contributed by atoms with Gasteiger partial charge in [-0.2, -0.15) is 0 Å². The van der Waals surface area contributed by atoms with E-state index >= 15 is 0 Å². The quantitative estimate of drug-likeness (QED) is 0.407. The molecule has 0 heterocycles. The van der Waals surface area contributed by atoms with E-state index in [9.17, 15) is 13.6 Å². The van der Waals surface area contributed by atoms with E-state index in [0.29, 0.717) is 11.3 Å². The highest BCUT2D eigenvalue weighted by molar-refractivity contribution is 6.01. The molecule has 0 fully saturated rings. The van der Waals surface area contributed by atoms with Gasteiger partial charge in [-0.05, 0) is 56.2 Å². The molecule has 0 amide bonds. The molecule has 144 valence electrons. The van der Waals surface area contributed by atoms with E-state index in [4.69, 9.17) is 0 Å². The van der Waals surface area contributed by atoms with Crippen LogP contribution in [0.4, 0.5) is 20.2 Å². The smallest absolute Gasteiger partial charge is 0.182 e. The summed E-state index contributed by atoms with van der Waals surface area (Å²) in [5.41, 5.74) is 3.60. The van der Waals surface area contributed by atoms with Crippen LogP contribution in [0.25, 0.3) is 0 Å². The summed E-state index contributed by atoms with van der Waals surface area (Å²) < 4.78 is 26.5. The van der Waals surface area contributed by atoms with Crippen molar-refractivity contribution in [1.82, 2.24) is 4.90 Å². The fourth-order valence-corrected chi connectivity index (χ4v) is 2.60. The van der Waals surface area contributed by atoms with Gasteiger partial charge in [-0.15, -0.1) is 0 Å². The molecule has 0 aliphatic carbocycles. The Balaban J connectivity index is 2.19. The predicted octanol–water partition coefficient (Wildman–Crippen LogP) is 4.51. The summed E-state index contributed by atoms with van der Waals surface area (Å²) in [6, 6.07) is 7.31. The fourth-order valence-electron chi connectivity index (χ4n) is 2.60. The van der Waals surface area contributed by atoms with Crippen LogP contribution in [-0.4, -0.2) is 44.2 Å².